The maximum absolute atomic E-state index is 14.8. The van der Waals surface area contributed by atoms with Crippen LogP contribution in [0.25, 0.3) is 10.9 Å². The third-order valence-electron chi connectivity index (χ3n) is 5.02. The highest BCUT2D eigenvalue weighted by atomic mass is 19.4. The van der Waals surface area contributed by atoms with Gasteiger partial charge in [-0.3, -0.25) is 14.2 Å². The molecule has 0 spiro atoms. The summed E-state index contributed by atoms with van der Waals surface area (Å²) in [5.41, 5.74) is -0.202. The summed E-state index contributed by atoms with van der Waals surface area (Å²) in [6.07, 6.45) is -4.92. The fraction of sp³-hybridized carbons (Fsp3) is 0.238. The van der Waals surface area contributed by atoms with E-state index in [9.17, 15) is 36.6 Å². The summed E-state index contributed by atoms with van der Waals surface area (Å²) in [6.45, 7) is 2.85. The van der Waals surface area contributed by atoms with Gasteiger partial charge in [0.1, 0.15) is 5.75 Å². The second-order valence-corrected chi connectivity index (χ2v) is 6.96. The Hall–Kier alpha value is -3.63. The highest BCUT2D eigenvalue weighted by Gasteiger charge is 2.32. The van der Waals surface area contributed by atoms with Gasteiger partial charge in [-0.15, -0.1) is 13.2 Å². The Morgan fingerprint density at radius 3 is 2.28 bits per heavy atom. The standard InChI is InChI=1S/C21H17F5N2O4/c1-9(19(30)27-3)15-10(2)28(14-8-13(22)18(29)17(23)16(14)15)20(31)11-4-6-12(7-5-11)32-21(24,25)26/h4-9,29H,1-3H3,(H,27,30)/t9-/m0/s1. The van der Waals surface area contributed by atoms with E-state index >= 15 is 0 Å². The van der Waals surface area contributed by atoms with E-state index in [1.54, 1.807) is 0 Å². The lowest BCUT2D eigenvalue weighted by Crippen LogP contribution is -2.24. The summed E-state index contributed by atoms with van der Waals surface area (Å²) in [5, 5.41) is 11.8. The monoisotopic (exact) mass is 456 g/mol. The number of hydrogen-bond donors (Lipinski definition) is 2. The minimum absolute atomic E-state index is 0.0533. The molecule has 170 valence electrons. The van der Waals surface area contributed by atoms with Crippen molar-refractivity contribution >= 4 is 22.7 Å². The lowest BCUT2D eigenvalue weighted by molar-refractivity contribution is -0.274. The number of rotatable bonds is 4. The number of halogens is 5. The third kappa shape index (κ3) is 3.97. The zero-order valence-corrected chi connectivity index (χ0v) is 17.0. The van der Waals surface area contributed by atoms with Crippen LogP contribution in [0.15, 0.2) is 30.3 Å². The van der Waals surface area contributed by atoms with Crippen LogP contribution < -0.4 is 10.1 Å². The van der Waals surface area contributed by atoms with Gasteiger partial charge in [-0.2, -0.15) is 0 Å². The summed E-state index contributed by atoms with van der Waals surface area (Å²) in [6, 6.07) is 4.71. The molecule has 2 aromatic carbocycles. The van der Waals surface area contributed by atoms with Gasteiger partial charge in [0.05, 0.1) is 11.4 Å². The van der Waals surface area contributed by atoms with Crippen molar-refractivity contribution in [3.05, 3.63) is 58.8 Å². The van der Waals surface area contributed by atoms with Gasteiger partial charge in [-0.1, -0.05) is 0 Å². The molecule has 0 saturated carbocycles. The predicted molar refractivity (Wildman–Crippen MR) is 104 cm³/mol. The van der Waals surface area contributed by atoms with Crippen molar-refractivity contribution in [2.24, 2.45) is 0 Å². The molecule has 32 heavy (non-hydrogen) atoms. The molecule has 0 bridgehead atoms. The minimum Gasteiger partial charge on any atom is -0.503 e. The average molecular weight is 456 g/mol. The number of ether oxygens (including phenoxy) is 1. The molecule has 0 unspecified atom stereocenters. The molecule has 0 aliphatic rings. The Labute approximate surface area is 178 Å². The quantitative estimate of drug-likeness (QED) is 0.572. The number of alkyl halides is 3. The van der Waals surface area contributed by atoms with Crippen LogP contribution in [0.1, 0.15) is 34.5 Å². The topological polar surface area (TPSA) is 80.6 Å². The van der Waals surface area contributed by atoms with Crippen molar-refractivity contribution in [2.75, 3.05) is 7.05 Å². The average Bonchev–Trinajstić information content (AvgIpc) is 3.01. The first-order valence-corrected chi connectivity index (χ1v) is 9.21. The number of aromatic hydroxyl groups is 1. The highest BCUT2D eigenvalue weighted by Crippen LogP contribution is 2.38. The number of amides is 1. The SMILES string of the molecule is CNC(=O)[C@@H](C)c1c(C)n(C(=O)c2ccc(OC(F)(F)F)cc2)c2cc(F)c(O)c(F)c12. The highest BCUT2D eigenvalue weighted by molar-refractivity contribution is 6.05. The lowest BCUT2D eigenvalue weighted by atomic mass is 9.96. The smallest absolute Gasteiger partial charge is 0.503 e. The van der Waals surface area contributed by atoms with Crippen molar-refractivity contribution in [1.29, 1.82) is 0 Å². The molecular formula is C21H17F5N2O4. The van der Waals surface area contributed by atoms with Gasteiger partial charge in [0.25, 0.3) is 5.91 Å². The second kappa shape index (κ2) is 8.13. The Morgan fingerprint density at radius 2 is 1.75 bits per heavy atom. The van der Waals surface area contributed by atoms with Crippen LogP contribution in [0.3, 0.4) is 0 Å². The van der Waals surface area contributed by atoms with E-state index in [0.29, 0.717) is 0 Å². The van der Waals surface area contributed by atoms with Crippen molar-refractivity contribution in [3.8, 4) is 11.5 Å². The van der Waals surface area contributed by atoms with Gasteiger partial charge >= 0.3 is 6.36 Å². The van der Waals surface area contributed by atoms with Crippen LogP contribution >= 0.6 is 0 Å². The predicted octanol–water partition coefficient (Wildman–Crippen LogP) is 4.37. The van der Waals surface area contributed by atoms with Gasteiger partial charge in [0.15, 0.2) is 17.4 Å². The first-order valence-electron chi connectivity index (χ1n) is 9.21. The number of nitrogens with one attached hydrogen (secondary N) is 1. The minimum atomic E-state index is -4.92. The maximum atomic E-state index is 14.8. The van der Waals surface area contributed by atoms with E-state index in [2.05, 4.69) is 10.1 Å². The molecule has 3 aromatic rings. The Kier molecular flexibility index (Phi) is 5.86. The summed E-state index contributed by atoms with van der Waals surface area (Å²) in [5.74, 6) is -6.79. The van der Waals surface area contributed by atoms with E-state index in [-0.39, 0.29) is 27.7 Å². The number of nitrogens with zero attached hydrogens (tertiary/aromatic N) is 1. The van der Waals surface area contributed by atoms with Gasteiger partial charge < -0.3 is 15.2 Å². The number of fused-ring (bicyclic) bond motifs is 1. The van der Waals surface area contributed by atoms with E-state index in [0.717, 1.165) is 34.9 Å². The molecule has 1 aromatic heterocycles. The lowest BCUT2D eigenvalue weighted by Gasteiger charge is -2.12. The fourth-order valence-electron chi connectivity index (χ4n) is 3.58. The van der Waals surface area contributed by atoms with Crippen LogP contribution in [0.2, 0.25) is 0 Å². The van der Waals surface area contributed by atoms with E-state index in [1.165, 1.54) is 20.9 Å². The Bertz CT molecular complexity index is 1220. The zero-order chi connectivity index (χ0) is 24.0. The maximum Gasteiger partial charge on any atom is 0.573 e. The molecule has 0 aliphatic heterocycles. The van der Waals surface area contributed by atoms with E-state index in [4.69, 9.17) is 0 Å². The number of carbonyl (C=O) groups excluding carboxylic acids is 2. The molecule has 0 aliphatic carbocycles. The van der Waals surface area contributed by atoms with Gasteiger partial charge in [-0.25, -0.2) is 8.78 Å². The number of benzene rings is 2. The number of phenolic OH excluding ortho intramolecular Hbond substituents is 1. The summed E-state index contributed by atoms with van der Waals surface area (Å²) in [7, 11) is 1.36. The fourth-order valence-corrected chi connectivity index (χ4v) is 3.58. The van der Waals surface area contributed by atoms with Crippen LogP contribution in [0.4, 0.5) is 22.0 Å². The van der Waals surface area contributed by atoms with Gasteiger partial charge in [0.2, 0.25) is 5.91 Å². The van der Waals surface area contributed by atoms with Crippen molar-refractivity contribution in [1.82, 2.24) is 9.88 Å². The molecule has 3 rings (SSSR count). The number of aromatic nitrogens is 1. The summed E-state index contributed by atoms with van der Waals surface area (Å²) >= 11 is 0. The van der Waals surface area contributed by atoms with Crippen LogP contribution in [-0.2, 0) is 4.79 Å². The second-order valence-electron chi connectivity index (χ2n) is 6.96. The van der Waals surface area contributed by atoms with Crippen molar-refractivity contribution in [2.45, 2.75) is 26.1 Å². The number of carbonyl (C=O) groups is 2. The summed E-state index contributed by atoms with van der Waals surface area (Å²) < 4.78 is 70.7. The van der Waals surface area contributed by atoms with Crippen molar-refractivity contribution < 1.29 is 41.4 Å². The normalized spacial score (nSPS) is 12.6. The van der Waals surface area contributed by atoms with Gasteiger partial charge in [0, 0.05) is 29.8 Å². The largest absolute Gasteiger partial charge is 0.573 e. The van der Waals surface area contributed by atoms with E-state index in [1.807, 2.05) is 0 Å². The molecule has 11 heteroatoms. The number of phenols is 1. The first-order chi connectivity index (χ1) is 14.9. The molecule has 0 fully saturated rings. The van der Waals surface area contributed by atoms with Crippen LogP contribution in [0.5, 0.6) is 11.5 Å². The van der Waals surface area contributed by atoms with Gasteiger partial charge in [-0.05, 0) is 43.7 Å². The summed E-state index contributed by atoms with van der Waals surface area (Å²) in [4.78, 5) is 25.4. The Balaban J connectivity index is 2.21. The molecule has 6 nitrogen and oxygen atoms in total. The molecule has 2 N–H and O–H groups in total. The zero-order valence-electron chi connectivity index (χ0n) is 17.0. The third-order valence-corrected chi connectivity index (χ3v) is 5.02. The Morgan fingerprint density at radius 1 is 1.16 bits per heavy atom. The molecule has 1 amide bonds. The molecule has 0 saturated heterocycles. The van der Waals surface area contributed by atoms with Crippen molar-refractivity contribution in [3.63, 3.8) is 0 Å². The molecule has 0 radical (unpaired) electrons. The molecular weight excluding hydrogens is 439 g/mol. The molecule has 1 heterocycles. The number of hydrogen-bond acceptors (Lipinski definition) is 4. The van der Waals surface area contributed by atoms with Crippen LogP contribution in [0, 0.1) is 18.6 Å². The molecule has 1 atom stereocenters. The van der Waals surface area contributed by atoms with E-state index < -0.39 is 47.2 Å². The van der Waals surface area contributed by atoms with Crippen LogP contribution in [-0.4, -0.2) is 34.9 Å². The first kappa shape index (κ1) is 23.0. The number of likely N-dealkylation sites (N-methyl/N-ethyl adjacent to an activating group) is 1.